The first kappa shape index (κ1) is 12.7. The largest absolute Gasteiger partial charge is 0.469 e. The third-order valence-corrected chi connectivity index (χ3v) is 4.11. The molecule has 0 amide bonds. The van der Waals surface area contributed by atoms with Gasteiger partial charge in [0.15, 0.2) is 0 Å². The van der Waals surface area contributed by atoms with Gasteiger partial charge in [0.05, 0.1) is 19.6 Å². The number of carbonyl (C=O) groups is 1. The SMILES string of the molecule is COC(=O)CC1NCCc2c1[nH]c1ccc(Br)cc21. The summed E-state index contributed by atoms with van der Waals surface area (Å²) in [4.78, 5) is 14.9. The van der Waals surface area contributed by atoms with Crippen LogP contribution in [0.4, 0.5) is 0 Å². The van der Waals surface area contributed by atoms with E-state index < -0.39 is 0 Å². The number of ether oxygens (including phenoxy) is 1. The zero-order valence-electron chi connectivity index (χ0n) is 10.6. The van der Waals surface area contributed by atoms with Crippen LogP contribution in [0.25, 0.3) is 10.9 Å². The third kappa shape index (κ3) is 2.28. The van der Waals surface area contributed by atoms with E-state index in [1.807, 2.05) is 6.07 Å². The molecular weight excluding hydrogens is 308 g/mol. The van der Waals surface area contributed by atoms with Crippen molar-refractivity contribution < 1.29 is 9.53 Å². The average Bonchev–Trinajstić information content (AvgIpc) is 2.78. The molecule has 5 heteroatoms. The second kappa shape index (κ2) is 4.98. The second-order valence-electron chi connectivity index (χ2n) is 4.74. The standard InChI is InChI=1S/C14H15BrN2O2/c1-19-13(18)7-12-14-9(4-5-16-12)10-6-8(15)2-3-11(10)17-14/h2-3,6,12,16-17H,4-5,7H2,1H3. The Morgan fingerprint density at radius 1 is 1.53 bits per heavy atom. The van der Waals surface area contributed by atoms with Crippen LogP contribution in [0.1, 0.15) is 23.7 Å². The molecule has 2 heterocycles. The molecule has 0 aliphatic carbocycles. The Labute approximate surface area is 119 Å². The van der Waals surface area contributed by atoms with E-state index >= 15 is 0 Å². The molecule has 3 rings (SSSR count). The predicted octanol–water partition coefficient (Wildman–Crippen LogP) is 2.68. The van der Waals surface area contributed by atoms with Gasteiger partial charge >= 0.3 is 5.97 Å². The van der Waals surface area contributed by atoms with E-state index in [0.29, 0.717) is 6.42 Å². The van der Waals surface area contributed by atoms with Gasteiger partial charge in [-0.3, -0.25) is 4.79 Å². The van der Waals surface area contributed by atoms with Crippen LogP contribution in [-0.4, -0.2) is 24.6 Å². The number of rotatable bonds is 2. The molecule has 1 atom stereocenters. The number of carbonyl (C=O) groups excluding carboxylic acids is 1. The average molecular weight is 323 g/mol. The molecule has 1 aromatic carbocycles. The van der Waals surface area contributed by atoms with Crippen LogP contribution in [0, 0.1) is 0 Å². The Morgan fingerprint density at radius 3 is 3.16 bits per heavy atom. The molecule has 0 fully saturated rings. The highest BCUT2D eigenvalue weighted by atomic mass is 79.9. The number of nitrogens with one attached hydrogen (secondary N) is 2. The minimum absolute atomic E-state index is 0.0161. The highest BCUT2D eigenvalue weighted by Crippen LogP contribution is 2.33. The lowest BCUT2D eigenvalue weighted by Crippen LogP contribution is -2.31. The maximum absolute atomic E-state index is 11.5. The van der Waals surface area contributed by atoms with Crippen LogP contribution in [0.15, 0.2) is 22.7 Å². The fourth-order valence-corrected chi connectivity index (χ4v) is 3.07. The minimum Gasteiger partial charge on any atom is -0.469 e. The van der Waals surface area contributed by atoms with Crippen molar-refractivity contribution in [3.05, 3.63) is 33.9 Å². The molecule has 1 aliphatic heterocycles. The van der Waals surface area contributed by atoms with Crippen molar-refractivity contribution in [2.45, 2.75) is 18.9 Å². The highest BCUT2D eigenvalue weighted by molar-refractivity contribution is 9.10. The van der Waals surface area contributed by atoms with Gasteiger partial charge in [-0.1, -0.05) is 15.9 Å². The van der Waals surface area contributed by atoms with Crippen LogP contribution in [0.2, 0.25) is 0 Å². The van der Waals surface area contributed by atoms with Gasteiger partial charge < -0.3 is 15.0 Å². The number of H-pyrrole nitrogens is 1. The number of hydrogen-bond acceptors (Lipinski definition) is 3. The van der Waals surface area contributed by atoms with Crippen molar-refractivity contribution in [1.29, 1.82) is 0 Å². The summed E-state index contributed by atoms with van der Waals surface area (Å²) >= 11 is 3.51. The number of methoxy groups -OCH3 is 1. The fourth-order valence-electron chi connectivity index (χ4n) is 2.71. The van der Waals surface area contributed by atoms with Crippen molar-refractivity contribution in [2.75, 3.05) is 13.7 Å². The summed E-state index contributed by atoms with van der Waals surface area (Å²) in [5.41, 5.74) is 3.54. The quantitative estimate of drug-likeness (QED) is 0.836. The maximum Gasteiger partial charge on any atom is 0.307 e. The van der Waals surface area contributed by atoms with Crippen molar-refractivity contribution in [1.82, 2.24) is 10.3 Å². The first-order valence-electron chi connectivity index (χ1n) is 6.29. The molecule has 100 valence electrons. The molecule has 0 bridgehead atoms. The topological polar surface area (TPSA) is 54.1 Å². The maximum atomic E-state index is 11.5. The molecule has 19 heavy (non-hydrogen) atoms. The minimum atomic E-state index is -0.190. The number of benzene rings is 1. The first-order chi connectivity index (χ1) is 9.19. The van der Waals surface area contributed by atoms with Gasteiger partial charge in [-0.15, -0.1) is 0 Å². The lowest BCUT2D eigenvalue weighted by molar-refractivity contribution is -0.141. The van der Waals surface area contributed by atoms with Crippen molar-refractivity contribution >= 4 is 32.8 Å². The van der Waals surface area contributed by atoms with E-state index in [4.69, 9.17) is 4.74 Å². The number of hydrogen-bond donors (Lipinski definition) is 2. The fraction of sp³-hybridized carbons (Fsp3) is 0.357. The molecule has 0 saturated heterocycles. The second-order valence-corrected chi connectivity index (χ2v) is 5.66. The lowest BCUT2D eigenvalue weighted by atomic mass is 9.97. The van der Waals surface area contributed by atoms with E-state index in [2.05, 4.69) is 38.4 Å². The van der Waals surface area contributed by atoms with Gasteiger partial charge in [0.25, 0.3) is 0 Å². The van der Waals surface area contributed by atoms with Gasteiger partial charge in [0, 0.05) is 21.1 Å². The van der Waals surface area contributed by atoms with E-state index in [1.54, 1.807) is 0 Å². The van der Waals surface area contributed by atoms with E-state index in [0.717, 1.165) is 28.6 Å². The molecule has 0 radical (unpaired) electrons. The molecular formula is C14H15BrN2O2. The van der Waals surface area contributed by atoms with Crippen molar-refractivity contribution in [3.63, 3.8) is 0 Å². The van der Waals surface area contributed by atoms with Crippen LogP contribution >= 0.6 is 15.9 Å². The molecule has 0 spiro atoms. The Kier molecular flexibility index (Phi) is 3.33. The molecule has 1 aliphatic rings. The molecule has 1 aromatic heterocycles. The normalized spacial score (nSPS) is 18.3. The Hall–Kier alpha value is -1.33. The van der Waals surface area contributed by atoms with Crippen LogP contribution in [0.5, 0.6) is 0 Å². The summed E-state index contributed by atoms with van der Waals surface area (Å²) in [6, 6.07) is 6.23. The molecule has 4 nitrogen and oxygen atoms in total. The van der Waals surface area contributed by atoms with E-state index in [1.165, 1.54) is 18.1 Å². The number of fused-ring (bicyclic) bond motifs is 3. The van der Waals surface area contributed by atoms with Crippen LogP contribution < -0.4 is 5.32 Å². The van der Waals surface area contributed by atoms with Gasteiger partial charge in [-0.2, -0.15) is 0 Å². The van der Waals surface area contributed by atoms with Gasteiger partial charge in [-0.05, 0) is 36.7 Å². The molecule has 1 unspecified atom stereocenters. The zero-order valence-corrected chi connectivity index (χ0v) is 12.2. The van der Waals surface area contributed by atoms with E-state index in [9.17, 15) is 4.79 Å². The summed E-state index contributed by atoms with van der Waals surface area (Å²) in [5.74, 6) is -0.190. The number of aromatic amines is 1. The highest BCUT2D eigenvalue weighted by Gasteiger charge is 2.26. The Morgan fingerprint density at radius 2 is 2.37 bits per heavy atom. The summed E-state index contributed by atoms with van der Waals surface area (Å²) in [6.07, 6.45) is 1.33. The summed E-state index contributed by atoms with van der Waals surface area (Å²) in [7, 11) is 1.42. The molecule has 2 N–H and O–H groups in total. The third-order valence-electron chi connectivity index (χ3n) is 3.61. The zero-order chi connectivity index (χ0) is 13.4. The summed E-state index contributed by atoms with van der Waals surface area (Å²) in [5, 5.41) is 4.61. The van der Waals surface area contributed by atoms with Crippen molar-refractivity contribution in [2.24, 2.45) is 0 Å². The Balaban J connectivity index is 2.04. The number of esters is 1. The van der Waals surface area contributed by atoms with Gasteiger partial charge in [-0.25, -0.2) is 0 Å². The van der Waals surface area contributed by atoms with Crippen LogP contribution in [0.3, 0.4) is 0 Å². The smallest absolute Gasteiger partial charge is 0.307 e. The van der Waals surface area contributed by atoms with Crippen molar-refractivity contribution in [3.8, 4) is 0 Å². The first-order valence-corrected chi connectivity index (χ1v) is 7.08. The van der Waals surface area contributed by atoms with Crippen LogP contribution in [-0.2, 0) is 16.0 Å². The molecule has 2 aromatic rings. The van der Waals surface area contributed by atoms with E-state index in [-0.39, 0.29) is 12.0 Å². The molecule has 0 saturated carbocycles. The number of halogens is 1. The Bertz CT molecular complexity index is 636. The lowest BCUT2D eigenvalue weighted by Gasteiger charge is -2.23. The monoisotopic (exact) mass is 322 g/mol. The predicted molar refractivity (Wildman–Crippen MR) is 77.1 cm³/mol. The van der Waals surface area contributed by atoms with Gasteiger partial charge in [0.2, 0.25) is 0 Å². The van der Waals surface area contributed by atoms with Gasteiger partial charge in [0.1, 0.15) is 0 Å². The summed E-state index contributed by atoms with van der Waals surface area (Å²) < 4.78 is 5.83. The summed E-state index contributed by atoms with van der Waals surface area (Å²) in [6.45, 7) is 0.883. The number of aromatic nitrogens is 1.